The van der Waals surface area contributed by atoms with Crippen LogP contribution in [0.4, 0.5) is 4.79 Å². The van der Waals surface area contributed by atoms with E-state index >= 15 is 0 Å². The van der Waals surface area contributed by atoms with Gasteiger partial charge in [0.15, 0.2) is 0 Å². The summed E-state index contributed by atoms with van der Waals surface area (Å²) in [5.74, 6) is -0.00858. The Kier molecular flexibility index (Phi) is 4.08. The molecule has 2 aliphatic rings. The Balaban J connectivity index is 1.44. The molecule has 0 bridgehead atoms. The fraction of sp³-hybridized carbons (Fsp3) is 0.500. The lowest BCUT2D eigenvalue weighted by atomic mass is 10.1. The van der Waals surface area contributed by atoms with Crippen LogP contribution in [-0.2, 0) is 16.1 Å². The predicted octanol–water partition coefficient (Wildman–Crippen LogP) is 1.92. The monoisotopic (exact) mass is 288 g/mol. The van der Waals surface area contributed by atoms with Crippen molar-refractivity contribution in [3.63, 3.8) is 0 Å². The van der Waals surface area contributed by atoms with E-state index in [1.54, 1.807) is 4.90 Å². The first-order chi connectivity index (χ1) is 10.2. The molecule has 3 rings (SSSR count). The average Bonchev–Trinajstić information content (AvgIpc) is 3.18. The molecule has 2 amide bonds. The minimum atomic E-state index is -0.333. The number of hydrogen-bond acceptors (Lipinski definition) is 3. The fourth-order valence-electron chi connectivity index (χ4n) is 2.50. The third-order valence-corrected chi connectivity index (χ3v) is 3.95. The molecule has 5 heteroatoms. The van der Waals surface area contributed by atoms with Crippen LogP contribution >= 0.6 is 0 Å². The topological polar surface area (TPSA) is 58.6 Å². The highest BCUT2D eigenvalue weighted by Crippen LogP contribution is 2.22. The van der Waals surface area contributed by atoms with Crippen LogP contribution in [0.1, 0.15) is 24.8 Å². The molecule has 0 radical (unpaired) electrons. The Morgan fingerprint density at radius 1 is 1.19 bits per heavy atom. The van der Waals surface area contributed by atoms with Gasteiger partial charge in [-0.25, -0.2) is 4.79 Å². The van der Waals surface area contributed by atoms with E-state index in [1.807, 2.05) is 30.3 Å². The van der Waals surface area contributed by atoms with Gasteiger partial charge in [0.1, 0.15) is 6.61 Å². The van der Waals surface area contributed by atoms with Crippen molar-refractivity contribution in [2.75, 3.05) is 13.1 Å². The van der Waals surface area contributed by atoms with Crippen molar-refractivity contribution in [3.8, 4) is 0 Å². The molecule has 112 valence electrons. The quantitative estimate of drug-likeness (QED) is 0.921. The molecule has 1 aromatic rings. The van der Waals surface area contributed by atoms with Gasteiger partial charge >= 0.3 is 6.09 Å². The third kappa shape index (κ3) is 3.74. The minimum Gasteiger partial charge on any atom is -0.445 e. The van der Waals surface area contributed by atoms with Gasteiger partial charge in [0.2, 0.25) is 5.91 Å². The van der Waals surface area contributed by atoms with E-state index in [4.69, 9.17) is 4.74 Å². The number of nitrogens with zero attached hydrogens (tertiary/aromatic N) is 1. The van der Waals surface area contributed by atoms with E-state index in [0.29, 0.717) is 19.1 Å². The number of benzene rings is 1. The van der Waals surface area contributed by atoms with Crippen molar-refractivity contribution in [2.24, 2.45) is 5.92 Å². The van der Waals surface area contributed by atoms with Gasteiger partial charge in [0.05, 0.1) is 5.92 Å². The second kappa shape index (κ2) is 6.16. The Bertz CT molecular complexity index is 514. The molecule has 1 saturated carbocycles. The van der Waals surface area contributed by atoms with Crippen molar-refractivity contribution in [1.29, 1.82) is 0 Å². The van der Waals surface area contributed by atoms with Crippen LogP contribution in [0.15, 0.2) is 30.3 Å². The molecule has 1 unspecified atom stereocenters. The van der Waals surface area contributed by atoms with Crippen LogP contribution < -0.4 is 5.32 Å². The van der Waals surface area contributed by atoms with Crippen molar-refractivity contribution in [1.82, 2.24) is 10.2 Å². The first-order valence-electron chi connectivity index (χ1n) is 7.48. The van der Waals surface area contributed by atoms with Gasteiger partial charge in [0.25, 0.3) is 0 Å². The van der Waals surface area contributed by atoms with E-state index in [0.717, 1.165) is 24.8 Å². The van der Waals surface area contributed by atoms with E-state index in [2.05, 4.69) is 5.32 Å². The highest BCUT2D eigenvalue weighted by atomic mass is 16.6. The average molecular weight is 288 g/mol. The van der Waals surface area contributed by atoms with Crippen LogP contribution in [0, 0.1) is 5.92 Å². The van der Waals surface area contributed by atoms with Gasteiger partial charge in [-0.2, -0.15) is 0 Å². The summed E-state index contributed by atoms with van der Waals surface area (Å²) in [4.78, 5) is 25.6. The number of carbonyl (C=O) groups excluding carboxylic acids is 2. The summed E-state index contributed by atoms with van der Waals surface area (Å²) in [6.07, 6.45) is 2.56. The van der Waals surface area contributed by atoms with Crippen molar-refractivity contribution < 1.29 is 14.3 Å². The van der Waals surface area contributed by atoms with Gasteiger partial charge in [-0.3, -0.25) is 4.79 Å². The summed E-state index contributed by atoms with van der Waals surface area (Å²) in [5.41, 5.74) is 0.966. The zero-order chi connectivity index (χ0) is 14.7. The zero-order valence-corrected chi connectivity index (χ0v) is 12.0. The van der Waals surface area contributed by atoms with Crippen molar-refractivity contribution in [3.05, 3.63) is 35.9 Å². The molecule has 1 atom stereocenters. The van der Waals surface area contributed by atoms with Gasteiger partial charge in [-0.15, -0.1) is 0 Å². The van der Waals surface area contributed by atoms with Gasteiger partial charge in [-0.1, -0.05) is 30.3 Å². The van der Waals surface area contributed by atoms with Crippen LogP contribution in [0.2, 0.25) is 0 Å². The predicted molar refractivity (Wildman–Crippen MR) is 77.5 cm³/mol. The van der Waals surface area contributed by atoms with Crippen LogP contribution in [0.25, 0.3) is 0 Å². The maximum atomic E-state index is 12.0. The molecule has 1 aliphatic heterocycles. The molecule has 1 heterocycles. The van der Waals surface area contributed by atoms with Crippen molar-refractivity contribution in [2.45, 2.75) is 31.9 Å². The Morgan fingerprint density at radius 2 is 1.95 bits per heavy atom. The van der Waals surface area contributed by atoms with E-state index in [-0.39, 0.29) is 24.5 Å². The van der Waals surface area contributed by atoms with Crippen LogP contribution in [0.5, 0.6) is 0 Å². The van der Waals surface area contributed by atoms with E-state index < -0.39 is 0 Å². The number of nitrogens with one attached hydrogen (secondary N) is 1. The molecule has 1 aliphatic carbocycles. The minimum absolute atomic E-state index is 0.0795. The maximum Gasteiger partial charge on any atom is 0.410 e. The molecule has 1 saturated heterocycles. The maximum absolute atomic E-state index is 12.0. The summed E-state index contributed by atoms with van der Waals surface area (Å²) in [5, 5.41) is 3.00. The molecule has 21 heavy (non-hydrogen) atoms. The molecular weight excluding hydrogens is 268 g/mol. The Morgan fingerprint density at radius 3 is 2.67 bits per heavy atom. The Labute approximate surface area is 124 Å². The smallest absolute Gasteiger partial charge is 0.410 e. The lowest BCUT2D eigenvalue weighted by Crippen LogP contribution is -2.35. The molecule has 5 nitrogen and oxygen atoms in total. The van der Waals surface area contributed by atoms with E-state index in [1.165, 1.54) is 0 Å². The van der Waals surface area contributed by atoms with E-state index in [9.17, 15) is 9.59 Å². The fourth-order valence-corrected chi connectivity index (χ4v) is 2.50. The second-order valence-corrected chi connectivity index (χ2v) is 5.75. The summed E-state index contributed by atoms with van der Waals surface area (Å²) < 4.78 is 5.29. The number of likely N-dealkylation sites (tertiary alicyclic amines) is 1. The van der Waals surface area contributed by atoms with Crippen LogP contribution in [-0.4, -0.2) is 36.0 Å². The van der Waals surface area contributed by atoms with Gasteiger partial charge in [0, 0.05) is 19.1 Å². The van der Waals surface area contributed by atoms with Gasteiger partial charge in [-0.05, 0) is 24.8 Å². The number of hydrogen-bond donors (Lipinski definition) is 1. The standard InChI is InChI=1S/C16H20N2O3/c19-15(17-14-6-7-14)13-8-9-18(10-13)16(20)21-11-12-4-2-1-3-5-12/h1-5,13-14H,6-11H2,(H,17,19). The van der Waals surface area contributed by atoms with Crippen molar-refractivity contribution >= 4 is 12.0 Å². The summed E-state index contributed by atoms with van der Waals surface area (Å²) in [6.45, 7) is 1.33. The highest BCUT2D eigenvalue weighted by molar-refractivity contribution is 5.81. The molecular formula is C16H20N2O3. The second-order valence-electron chi connectivity index (χ2n) is 5.75. The number of amides is 2. The number of rotatable bonds is 4. The molecule has 1 N–H and O–H groups in total. The van der Waals surface area contributed by atoms with Crippen LogP contribution in [0.3, 0.4) is 0 Å². The summed E-state index contributed by atoms with van der Waals surface area (Å²) >= 11 is 0. The third-order valence-electron chi connectivity index (χ3n) is 3.95. The van der Waals surface area contributed by atoms with Gasteiger partial charge < -0.3 is 15.0 Å². The summed E-state index contributed by atoms with van der Waals surface area (Å²) in [7, 11) is 0. The number of ether oxygens (including phenoxy) is 1. The zero-order valence-electron chi connectivity index (χ0n) is 12.0. The largest absolute Gasteiger partial charge is 0.445 e. The number of carbonyl (C=O) groups is 2. The lowest BCUT2D eigenvalue weighted by Gasteiger charge is -2.16. The lowest BCUT2D eigenvalue weighted by molar-refractivity contribution is -0.124. The molecule has 2 fully saturated rings. The summed E-state index contributed by atoms with van der Waals surface area (Å²) in [6, 6.07) is 9.96. The molecule has 0 spiro atoms. The SMILES string of the molecule is O=C(NC1CC1)C1CCN(C(=O)OCc2ccccc2)C1. The normalized spacial score (nSPS) is 21.1. The first kappa shape index (κ1) is 13.9. The first-order valence-corrected chi connectivity index (χ1v) is 7.48. The highest BCUT2D eigenvalue weighted by Gasteiger charge is 2.34. The molecule has 1 aromatic carbocycles. The molecule has 0 aromatic heterocycles. The Hall–Kier alpha value is -2.04.